The molecule has 0 unspecified atom stereocenters. The van der Waals surface area contributed by atoms with Crippen LogP contribution >= 0.6 is 0 Å². The standard InChI is InChI=1S/C27H34N2O6/c1-7-35-21-12-9-18(16-22(21)34-6)24-23(25(30)20-11-10-19(33-5)15-17(20)2)26(31)27(32)29(24)14-8-13-28(3)4/h9-12,15-16,24,30H,7-8,13-14H2,1-6H3/b25-23+/t24-/m0/s1. The van der Waals surface area contributed by atoms with Crippen LogP contribution < -0.4 is 14.2 Å². The van der Waals surface area contributed by atoms with E-state index in [1.807, 2.05) is 32.8 Å². The molecular weight excluding hydrogens is 448 g/mol. The maximum absolute atomic E-state index is 13.3. The molecule has 3 rings (SSSR count). The number of aliphatic hydroxyl groups is 1. The summed E-state index contributed by atoms with van der Waals surface area (Å²) in [7, 11) is 7.01. The summed E-state index contributed by atoms with van der Waals surface area (Å²) in [5.74, 6) is 0.139. The molecule has 0 spiro atoms. The van der Waals surface area contributed by atoms with Crippen LogP contribution in [0.4, 0.5) is 0 Å². The molecule has 1 aliphatic heterocycles. The summed E-state index contributed by atoms with van der Waals surface area (Å²) in [5.41, 5.74) is 1.91. The summed E-state index contributed by atoms with van der Waals surface area (Å²) >= 11 is 0. The Bertz CT molecular complexity index is 1120. The molecule has 0 bridgehead atoms. The molecular formula is C27H34N2O6. The Hall–Kier alpha value is -3.52. The highest BCUT2D eigenvalue weighted by molar-refractivity contribution is 6.46. The average molecular weight is 483 g/mol. The van der Waals surface area contributed by atoms with E-state index in [1.165, 1.54) is 12.0 Å². The number of amides is 1. The third-order valence-electron chi connectivity index (χ3n) is 6.04. The summed E-state index contributed by atoms with van der Waals surface area (Å²) < 4.78 is 16.4. The van der Waals surface area contributed by atoms with Crippen molar-refractivity contribution < 1.29 is 28.9 Å². The molecule has 0 saturated carbocycles. The molecule has 0 aliphatic carbocycles. The van der Waals surface area contributed by atoms with Crippen LogP contribution in [-0.4, -0.2) is 74.6 Å². The highest BCUT2D eigenvalue weighted by Gasteiger charge is 2.46. The number of likely N-dealkylation sites (tertiary alicyclic amines) is 1. The van der Waals surface area contributed by atoms with Crippen LogP contribution in [0.2, 0.25) is 0 Å². The van der Waals surface area contributed by atoms with Gasteiger partial charge < -0.3 is 29.1 Å². The number of carbonyl (C=O) groups excluding carboxylic acids is 2. The minimum atomic E-state index is -0.761. The van der Waals surface area contributed by atoms with Gasteiger partial charge in [-0.15, -0.1) is 0 Å². The second kappa shape index (κ2) is 11.3. The van der Waals surface area contributed by atoms with E-state index in [-0.39, 0.29) is 11.3 Å². The lowest BCUT2D eigenvalue weighted by atomic mass is 9.93. The van der Waals surface area contributed by atoms with Gasteiger partial charge in [-0.25, -0.2) is 0 Å². The lowest BCUT2D eigenvalue weighted by Crippen LogP contribution is -2.32. The number of hydrogen-bond donors (Lipinski definition) is 1. The van der Waals surface area contributed by atoms with Crippen LogP contribution in [0.15, 0.2) is 42.0 Å². The molecule has 0 aromatic heterocycles. The van der Waals surface area contributed by atoms with Gasteiger partial charge in [0.05, 0.1) is 32.4 Å². The Morgan fingerprint density at radius 2 is 1.80 bits per heavy atom. The van der Waals surface area contributed by atoms with Crippen molar-refractivity contribution in [1.82, 2.24) is 9.80 Å². The van der Waals surface area contributed by atoms with Gasteiger partial charge in [0, 0.05) is 12.1 Å². The first-order valence-electron chi connectivity index (χ1n) is 11.6. The molecule has 1 heterocycles. The second-order valence-corrected chi connectivity index (χ2v) is 8.67. The summed E-state index contributed by atoms with van der Waals surface area (Å²) in [6, 6.07) is 9.74. The number of carbonyl (C=O) groups is 2. The number of Topliss-reactive ketones (excluding diaryl/α,β-unsaturated/α-hetero) is 1. The minimum Gasteiger partial charge on any atom is -0.507 e. The van der Waals surface area contributed by atoms with Crippen molar-refractivity contribution in [3.8, 4) is 17.2 Å². The topological polar surface area (TPSA) is 88.5 Å². The third-order valence-corrected chi connectivity index (χ3v) is 6.04. The fourth-order valence-corrected chi connectivity index (χ4v) is 4.32. The maximum atomic E-state index is 13.3. The van der Waals surface area contributed by atoms with Crippen LogP contribution in [0.3, 0.4) is 0 Å². The number of aliphatic hydroxyl groups excluding tert-OH is 1. The van der Waals surface area contributed by atoms with Crippen molar-refractivity contribution in [2.45, 2.75) is 26.3 Å². The van der Waals surface area contributed by atoms with E-state index in [0.717, 1.165) is 12.1 Å². The molecule has 2 aromatic rings. The lowest BCUT2D eigenvalue weighted by molar-refractivity contribution is -0.139. The highest BCUT2D eigenvalue weighted by atomic mass is 16.5. The van der Waals surface area contributed by atoms with Gasteiger partial charge in [-0.3, -0.25) is 9.59 Å². The summed E-state index contributed by atoms with van der Waals surface area (Å²) in [5, 5.41) is 11.4. The second-order valence-electron chi connectivity index (χ2n) is 8.67. The van der Waals surface area contributed by atoms with Gasteiger partial charge >= 0.3 is 0 Å². The fraction of sp³-hybridized carbons (Fsp3) is 0.407. The molecule has 1 amide bonds. The molecule has 1 fully saturated rings. The smallest absolute Gasteiger partial charge is 0.295 e. The van der Waals surface area contributed by atoms with Crippen LogP contribution in [0.25, 0.3) is 5.76 Å². The van der Waals surface area contributed by atoms with Gasteiger partial charge in [0.25, 0.3) is 11.7 Å². The zero-order chi connectivity index (χ0) is 25.7. The molecule has 2 aromatic carbocycles. The van der Waals surface area contributed by atoms with Crippen molar-refractivity contribution in [2.75, 3.05) is 48.0 Å². The van der Waals surface area contributed by atoms with Gasteiger partial charge in [-0.1, -0.05) is 6.07 Å². The van der Waals surface area contributed by atoms with Crippen LogP contribution in [0.1, 0.15) is 36.1 Å². The molecule has 35 heavy (non-hydrogen) atoms. The first-order chi connectivity index (χ1) is 16.7. The van der Waals surface area contributed by atoms with Gasteiger partial charge in [0.2, 0.25) is 0 Å². The van der Waals surface area contributed by atoms with Crippen molar-refractivity contribution in [3.63, 3.8) is 0 Å². The predicted octanol–water partition coefficient (Wildman–Crippen LogP) is 3.78. The average Bonchev–Trinajstić information content (AvgIpc) is 3.08. The van der Waals surface area contributed by atoms with Gasteiger partial charge in [-0.2, -0.15) is 0 Å². The normalized spacial score (nSPS) is 17.2. The number of methoxy groups -OCH3 is 2. The highest BCUT2D eigenvalue weighted by Crippen LogP contribution is 2.42. The summed E-state index contributed by atoms with van der Waals surface area (Å²) in [6.07, 6.45) is 0.673. The summed E-state index contributed by atoms with van der Waals surface area (Å²) in [6.45, 7) is 5.28. The fourth-order valence-electron chi connectivity index (χ4n) is 4.32. The Kier molecular flexibility index (Phi) is 8.40. The van der Waals surface area contributed by atoms with Crippen LogP contribution in [0, 0.1) is 6.92 Å². The zero-order valence-electron chi connectivity index (χ0n) is 21.3. The quantitative estimate of drug-likeness (QED) is 0.313. The molecule has 188 valence electrons. The molecule has 0 radical (unpaired) electrons. The van der Waals surface area contributed by atoms with E-state index in [4.69, 9.17) is 14.2 Å². The lowest BCUT2D eigenvalue weighted by Gasteiger charge is -2.26. The van der Waals surface area contributed by atoms with E-state index in [9.17, 15) is 14.7 Å². The van der Waals surface area contributed by atoms with Crippen LogP contribution in [0.5, 0.6) is 17.2 Å². The van der Waals surface area contributed by atoms with E-state index in [0.29, 0.717) is 47.9 Å². The number of ketones is 1. The van der Waals surface area contributed by atoms with Gasteiger partial charge in [0.1, 0.15) is 11.5 Å². The monoisotopic (exact) mass is 482 g/mol. The van der Waals surface area contributed by atoms with E-state index in [1.54, 1.807) is 43.5 Å². The first kappa shape index (κ1) is 26.1. The number of nitrogens with zero attached hydrogens (tertiary/aromatic N) is 2. The molecule has 8 heteroatoms. The van der Waals surface area contributed by atoms with Crippen molar-refractivity contribution in [3.05, 3.63) is 58.7 Å². The van der Waals surface area contributed by atoms with E-state index < -0.39 is 17.7 Å². The first-order valence-corrected chi connectivity index (χ1v) is 11.6. The van der Waals surface area contributed by atoms with Crippen molar-refractivity contribution >= 4 is 17.4 Å². The number of benzene rings is 2. The Morgan fingerprint density at radius 1 is 1.06 bits per heavy atom. The van der Waals surface area contributed by atoms with Gasteiger partial charge in [0.15, 0.2) is 11.5 Å². The Morgan fingerprint density at radius 3 is 2.40 bits per heavy atom. The molecule has 1 atom stereocenters. The number of aryl methyl sites for hydroxylation is 1. The zero-order valence-corrected chi connectivity index (χ0v) is 21.3. The number of ether oxygens (including phenoxy) is 3. The summed E-state index contributed by atoms with van der Waals surface area (Å²) in [4.78, 5) is 30.0. The largest absolute Gasteiger partial charge is 0.507 e. The molecule has 1 N–H and O–H groups in total. The molecule has 1 saturated heterocycles. The molecule has 8 nitrogen and oxygen atoms in total. The van der Waals surface area contributed by atoms with Gasteiger partial charge in [-0.05, 0) is 82.4 Å². The van der Waals surface area contributed by atoms with Crippen molar-refractivity contribution in [1.29, 1.82) is 0 Å². The van der Waals surface area contributed by atoms with E-state index in [2.05, 4.69) is 0 Å². The van der Waals surface area contributed by atoms with E-state index >= 15 is 0 Å². The van der Waals surface area contributed by atoms with Crippen LogP contribution in [-0.2, 0) is 9.59 Å². The number of hydrogen-bond acceptors (Lipinski definition) is 7. The minimum absolute atomic E-state index is 0.0549. The SMILES string of the molecule is CCOc1ccc([C@H]2/C(=C(\O)c3ccc(OC)cc3C)C(=O)C(=O)N2CCCN(C)C)cc1OC. The maximum Gasteiger partial charge on any atom is 0.295 e. The Balaban J connectivity index is 2.16. The Labute approximate surface area is 206 Å². The predicted molar refractivity (Wildman–Crippen MR) is 134 cm³/mol. The molecule has 1 aliphatic rings. The van der Waals surface area contributed by atoms with Crippen molar-refractivity contribution in [2.24, 2.45) is 0 Å². The third kappa shape index (κ3) is 5.43. The number of rotatable bonds is 10.